The number of aliphatic hydroxyl groups is 3. The molecule has 0 spiro atoms. The predicted octanol–water partition coefficient (Wildman–Crippen LogP) is 2.89. The Labute approximate surface area is 304 Å². The summed E-state index contributed by atoms with van der Waals surface area (Å²) in [7, 11) is 4.93. The lowest BCUT2D eigenvalue weighted by Crippen LogP contribution is -2.63. The summed E-state index contributed by atoms with van der Waals surface area (Å²) < 4.78 is 28.0. The molecule has 14 heteroatoms. The fourth-order valence-electron chi connectivity index (χ4n) is 6.72. The van der Waals surface area contributed by atoms with E-state index < -0.39 is 72.9 Å². The number of likely N-dealkylation sites (N-methyl/N-ethyl adjacent to an activating group) is 1. The molecule has 0 unspecified atom stereocenters. The molecule has 0 aliphatic carbocycles. The van der Waals surface area contributed by atoms with Crippen LogP contribution in [0.2, 0.25) is 0 Å². The first-order valence-electron chi connectivity index (χ1n) is 17.6. The summed E-state index contributed by atoms with van der Waals surface area (Å²) in [6.07, 6.45) is 1.50. The van der Waals surface area contributed by atoms with E-state index in [1.54, 1.807) is 51.2 Å². The number of methoxy groups -OCH3 is 1. The maximum atomic E-state index is 13.3. The quantitative estimate of drug-likeness (QED) is 0.208. The number of benzene rings is 1. The number of allylic oxidation sites excluding steroid dienone is 3. The van der Waals surface area contributed by atoms with Crippen LogP contribution in [0.4, 0.5) is 0 Å². The van der Waals surface area contributed by atoms with Crippen LogP contribution in [0, 0.1) is 11.8 Å². The molecule has 0 amide bonds. The Morgan fingerprint density at radius 1 is 1.04 bits per heavy atom. The lowest BCUT2D eigenvalue weighted by Gasteiger charge is -2.46. The van der Waals surface area contributed by atoms with Crippen molar-refractivity contribution in [2.45, 2.75) is 108 Å². The summed E-state index contributed by atoms with van der Waals surface area (Å²) >= 11 is 1.34. The molecule has 4 rings (SSSR count). The van der Waals surface area contributed by atoms with E-state index in [0.29, 0.717) is 32.4 Å². The van der Waals surface area contributed by atoms with Gasteiger partial charge in [0.05, 0.1) is 48.0 Å². The minimum atomic E-state index is -1.34. The SMILES string of the molecule is CO[C@@H]1[C@@H](O[C@@H]2O[C@H](C)[C@@H](O)[C@H](N(C)C)[C@H]2O)[C@@H](CCNCc2ccc(-c3cnns3)cc2)C[C@@H](C)C(=O)C=CC=CC[C@@H](C)OC(=O)C[C@@H]1O. The van der Waals surface area contributed by atoms with E-state index in [9.17, 15) is 24.9 Å². The maximum Gasteiger partial charge on any atom is 0.308 e. The van der Waals surface area contributed by atoms with Crippen molar-refractivity contribution in [1.29, 1.82) is 0 Å². The number of carbonyl (C=O) groups excluding carboxylic acids is 2. The third-order valence-corrected chi connectivity index (χ3v) is 10.3. The molecule has 11 atom stereocenters. The first-order valence-corrected chi connectivity index (χ1v) is 18.3. The summed E-state index contributed by atoms with van der Waals surface area (Å²) in [5.41, 5.74) is 2.11. The largest absolute Gasteiger partial charge is 0.462 e. The topological polar surface area (TPSA) is 173 Å². The fraction of sp³-hybridized carbons (Fsp3) is 0.622. The molecule has 1 fully saturated rings. The Morgan fingerprint density at radius 3 is 2.45 bits per heavy atom. The molecule has 0 bridgehead atoms. The first-order chi connectivity index (χ1) is 24.4. The molecular formula is C37H54N4O9S. The number of aliphatic hydroxyl groups excluding tert-OH is 3. The monoisotopic (exact) mass is 730 g/mol. The van der Waals surface area contributed by atoms with Crippen molar-refractivity contribution < 1.29 is 43.9 Å². The number of nitrogens with one attached hydrogen (secondary N) is 1. The maximum absolute atomic E-state index is 13.3. The molecule has 2 aliphatic heterocycles. The van der Waals surface area contributed by atoms with E-state index in [-0.39, 0.29) is 12.2 Å². The third kappa shape index (κ3) is 11.5. The first kappa shape index (κ1) is 40.8. The van der Waals surface area contributed by atoms with Gasteiger partial charge < -0.3 is 44.5 Å². The number of hydrogen-bond donors (Lipinski definition) is 4. The van der Waals surface area contributed by atoms with Crippen LogP contribution in [0.25, 0.3) is 10.4 Å². The lowest BCUT2D eigenvalue weighted by atomic mass is 9.82. The number of hydrogen-bond acceptors (Lipinski definition) is 14. The van der Waals surface area contributed by atoms with Crippen molar-refractivity contribution in [3.8, 4) is 10.4 Å². The second kappa shape index (κ2) is 19.8. The van der Waals surface area contributed by atoms with Gasteiger partial charge in [-0.25, -0.2) is 0 Å². The van der Waals surface area contributed by atoms with Crippen molar-refractivity contribution in [1.82, 2.24) is 19.8 Å². The number of ketones is 1. The highest BCUT2D eigenvalue weighted by atomic mass is 32.1. The Balaban J connectivity index is 1.62. The van der Waals surface area contributed by atoms with Crippen LogP contribution < -0.4 is 5.32 Å². The summed E-state index contributed by atoms with van der Waals surface area (Å²) in [6.45, 7) is 6.39. The molecule has 1 saturated heterocycles. The Morgan fingerprint density at radius 2 is 1.78 bits per heavy atom. The van der Waals surface area contributed by atoms with Gasteiger partial charge in [-0.3, -0.25) is 9.59 Å². The number of cyclic esters (lactones) is 1. The Kier molecular flexibility index (Phi) is 15.8. The summed E-state index contributed by atoms with van der Waals surface area (Å²) in [5, 5.41) is 41.2. The van der Waals surface area contributed by atoms with Gasteiger partial charge in [-0.05, 0) is 82.0 Å². The van der Waals surface area contributed by atoms with Gasteiger partial charge >= 0.3 is 5.97 Å². The van der Waals surface area contributed by atoms with Gasteiger partial charge in [-0.1, -0.05) is 53.9 Å². The zero-order chi connectivity index (χ0) is 37.1. The molecule has 51 heavy (non-hydrogen) atoms. The van der Waals surface area contributed by atoms with E-state index in [1.807, 2.05) is 37.3 Å². The lowest BCUT2D eigenvalue weighted by molar-refractivity contribution is -0.309. The minimum absolute atomic E-state index is 0.0768. The van der Waals surface area contributed by atoms with Gasteiger partial charge in [-0.15, -0.1) is 5.10 Å². The van der Waals surface area contributed by atoms with Gasteiger partial charge in [0, 0.05) is 26.0 Å². The van der Waals surface area contributed by atoms with Gasteiger partial charge in [0.15, 0.2) is 12.1 Å². The highest BCUT2D eigenvalue weighted by molar-refractivity contribution is 7.09. The zero-order valence-electron chi connectivity index (χ0n) is 30.3. The standard InChI is InChI=1S/C37H54N4O9S/c1-22-18-27(16-17-38-20-25-12-14-26(15-13-25)30-21-39-40-51-30)35(50-37-34(46)32(41(4)5)33(45)24(3)49-37)36(47-6)29(43)19-31(44)48-23(2)10-8-7-9-11-28(22)42/h7-9,11-15,21-24,27,29,32-38,43,45-46H,10,16-20H2,1-6H3/t22-,23-,24-,27+,29+,32+,33-,34-,35+,36+,37+/m1/s1. The van der Waals surface area contributed by atoms with E-state index in [0.717, 1.165) is 16.0 Å². The van der Waals surface area contributed by atoms with Crippen molar-refractivity contribution >= 4 is 23.3 Å². The average molecular weight is 731 g/mol. The van der Waals surface area contributed by atoms with Crippen molar-refractivity contribution in [2.24, 2.45) is 11.8 Å². The van der Waals surface area contributed by atoms with Crippen LogP contribution in [0.1, 0.15) is 52.0 Å². The average Bonchev–Trinajstić information content (AvgIpc) is 3.63. The van der Waals surface area contributed by atoms with Crippen LogP contribution in [0.3, 0.4) is 0 Å². The van der Waals surface area contributed by atoms with Crippen LogP contribution in [-0.4, -0.2) is 124 Å². The van der Waals surface area contributed by atoms with Crippen molar-refractivity contribution in [3.05, 3.63) is 60.3 Å². The van der Waals surface area contributed by atoms with Crippen LogP contribution in [-0.2, 0) is 35.1 Å². The smallest absolute Gasteiger partial charge is 0.308 e. The highest BCUT2D eigenvalue weighted by Gasteiger charge is 2.48. The molecule has 2 aromatic rings. The van der Waals surface area contributed by atoms with Crippen molar-refractivity contribution in [3.63, 3.8) is 0 Å². The van der Waals surface area contributed by atoms with Gasteiger partial charge in [0.25, 0.3) is 0 Å². The third-order valence-electron chi connectivity index (χ3n) is 9.58. The molecule has 4 N–H and O–H groups in total. The molecule has 1 aromatic heterocycles. The van der Waals surface area contributed by atoms with Gasteiger partial charge in [-0.2, -0.15) is 0 Å². The highest BCUT2D eigenvalue weighted by Crippen LogP contribution is 2.33. The molecular weight excluding hydrogens is 676 g/mol. The van der Waals surface area contributed by atoms with Gasteiger partial charge in [0.1, 0.15) is 18.3 Å². The number of carbonyl (C=O) groups is 2. The molecule has 2 aliphatic rings. The van der Waals surface area contributed by atoms with E-state index in [2.05, 4.69) is 14.9 Å². The van der Waals surface area contributed by atoms with Gasteiger partial charge in [0.2, 0.25) is 0 Å². The number of ether oxygens (including phenoxy) is 4. The Bertz CT molecular complexity index is 1420. The zero-order valence-corrected chi connectivity index (χ0v) is 31.1. The molecule has 3 heterocycles. The number of esters is 1. The summed E-state index contributed by atoms with van der Waals surface area (Å²) in [6, 6.07) is 7.43. The van der Waals surface area contributed by atoms with Crippen LogP contribution in [0.5, 0.6) is 0 Å². The van der Waals surface area contributed by atoms with E-state index in [1.165, 1.54) is 24.7 Å². The predicted molar refractivity (Wildman–Crippen MR) is 193 cm³/mol. The second-order valence-corrected chi connectivity index (χ2v) is 14.6. The molecule has 0 radical (unpaired) electrons. The van der Waals surface area contributed by atoms with Crippen LogP contribution >= 0.6 is 11.5 Å². The second-order valence-electron chi connectivity index (χ2n) is 13.8. The number of rotatable bonds is 10. The Hall–Kier alpha value is -2.92. The molecule has 0 saturated carbocycles. The minimum Gasteiger partial charge on any atom is -0.462 e. The van der Waals surface area contributed by atoms with E-state index in [4.69, 9.17) is 18.9 Å². The summed E-state index contributed by atoms with van der Waals surface area (Å²) in [4.78, 5) is 29.0. The fourth-order valence-corrected chi connectivity index (χ4v) is 7.24. The molecule has 13 nitrogen and oxygen atoms in total. The van der Waals surface area contributed by atoms with E-state index >= 15 is 0 Å². The van der Waals surface area contributed by atoms with Crippen LogP contribution in [0.15, 0.2) is 54.8 Å². The number of nitrogens with zero attached hydrogens (tertiary/aromatic N) is 3. The molecule has 282 valence electrons. The normalized spacial score (nSPS) is 33.0. The van der Waals surface area contributed by atoms with Crippen molar-refractivity contribution in [2.75, 3.05) is 27.7 Å². The summed E-state index contributed by atoms with van der Waals surface area (Å²) in [5.74, 6) is -1.52. The molecule has 1 aromatic carbocycles. The number of aromatic nitrogens is 2.